The summed E-state index contributed by atoms with van der Waals surface area (Å²) in [5.41, 5.74) is -2.79. The molecule has 2 aliphatic rings. The number of aliphatic carboxylic acids is 1. The van der Waals surface area contributed by atoms with Crippen molar-refractivity contribution in [2.45, 2.75) is 17.6 Å². The molecule has 2 aliphatic heterocycles. The summed E-state index contributed by atoms with van der Waals surface area (Å²) in [6, 6.07) is 3.32. The molecular formula is C23H19F3N6O10S2. The quantitative estimate of drug-likeness (QED) is 0.108. The highest BCUT2D eigenvalue weighted by atomic mass is 32.2. The van der Waals surface area contributed by atoms with E-state index >= 15 is 0 Å². The molecule has 0 saturated carbocycles. The molecule has 2 saturated heterocycles. The Morgan fingerprint density at radius 1 is 1.27 bits per heavy atom. The fourth-order valence-electron chi connectivity index (χ4n) is 4.03. The molecule has 21 heteroatoms. The molecule has 2 fully saturated rings. The lowest BCUT2D eigenvalue weighted by atomic mass is 9.88. The zero-order valence-corrected chi connectivity index (χ0v) is 23.7. The number of rotatable bonds is 10. The first-order valence-corrected chi connectivity index (χ1v) is 13.9. The van der Waals surface area contributed by atoms with Gasteiger partial charge in [-0.1, -0.05) is 5.16 Å². The highest BCUT2D eigenvalue weighted by molar-refractivity contribution is 8.00. The molecule has 1 aromatic carbocycles. The van der Waals surface area contributed by atoms with Crippen LogP contribution in [0.15, 0.2) is 34.8 Å². The van der Waals surface area contributed by atoms with Crippen LogP contribution in [0.2, 0.25) is 0 Å². The van der Waals surface area contributed by atoms with Crippen molar-refractivity contribution >= 4 is 69.3 Å². The third kappa shape index (κ3) is 6.56. The number of aromatic nitrogens is 1. The van der Waals surface area contributed by atoms with Crippen LogP contribution in [0.3, 0.4) is 0 Å². The number of nitro groups is 1. The number of alkyl halides is 3. The predicted molar refractivity (Wildman–Crippen MR) is 144 cm³/mol. The number of nitrogens with zero attached hydrogens (tertiary/aromatic N) is 4. The van der Waals surface area contributed by atoms with Crippen molar-refractivity contribution in [1.82, 2.24) is 15.2 Å². The van der Waals surface area contributed by atoms with E-state index in [4.69, 9.17) is 4.74 Å². The van der Waals surface area contributed by atoms with Crippen molar-refractivity contribution < 1.29 is 56.7 Å². The number of benzene rings is 1. The fraction of sp³-hybridized carbons (Fsp3) is 0.348. The molecule has 0 spiro atoms. The lowest BCUT2D eigenvalue weighted by Crippen LogP contribution is -2.74. The molecule has 4 rings (SSSR count). The van der Waals surface area contributed by atoms with Crippen LogP contribution in [0, 0.1) is 15.5 Å². The maximum absolute atomic E-state index is 13.0. The summed E-state index contributed by atoms with van der Waals surface area (Å²) in [5.74, 6) is -6.36. The number of nitrogens with one attached hydrogen (secondary N) is 2. The lowest BCUT2D eigenvalue weighted by Gasteiger charge is -2.53. The number of thiazole rings is 1. The van der Waals surface area contributed by atoms with Gasteiger partial charge in [0.15, 0.2) is 10.8 Å². The Labute approximate surface area is 251 Å². The summed E-state index contributed by atoms with van der Waals surface area (Å²) >= 11 is 1.57. The zero-order chi connectivity index (χ0) is 32.4. The average Bonchev–Trinajstić information content (AvgIpc) is 3.44. The number of hydrogen-bond acceptors (Lipinski definition) is 13. The van der Waals surface area contributed by atoms with Gasteiger partial charge < -0.3 is 24.9 Å². The summed E-state index contributed by atoms with van der Waals surface area (Å²) in [5, 5.41) is 28.2. The zero-order valence-electron chi connectivity index (χ0n) is 22.0. The second kappa shape index (κ2) is 12.4. The molecule has 2 aromatic rings. The monoisotopic (exact) mass is 660 g/mol. The Morgan fingerprint density at radius 2 is 1.95 bits per heavy atom. The third-order valence-electron chi connectivity index (χ3n) is 6.30. The van der Waals surface area contributed by atoms with E-state index in [0.717, 1.165) is 48.5 Å². The number of halogens is 3. The number of β-lactam (4-membered cyclic amide) rings is 1. The highest BCUT2D eigenvalue weighted by Crippen LogP contribution is 2.42. The minimum atomic E-state index is -5.17. The van der Waals surface area contributed by atoms with Crippen molar-refractivity contribution in [3.63, 3.8) is 0 Å². The van der Waals surface area contributed by atoms with Gasteiger partial charge in [0.05, 0.1) is 10.5 Å². The molecule has 44 heavy (non-hydrogen) atoms. The molecule has 3 heterocycles. The van der Waals surface area contributed by atoms with Crippen LogP contribution >= 0.6 is 23.1 Å². The minimum Gasteiger partial charge on any atom is -0.481 e. The molecule has 3 atom stereocenters. The topological polar surface area (TPSA) is 220 Å². The normalized spacial score (nSPS) is 21.4. The second-order valence-corrected chi connectivity index (χ2v) is 11.2. The number of fused-ring (bicyclic) bond motifs is 1. The standard InChI is InChI=1S/C23H19F3N6O10S2/c1-41-30-13(12-6-43-21(27-12)29-19(36)23(24,25)26)15(33)28-14-16(34)31-7-22(20(37)38,9-44-17(14)31)8-42-18(35)10-2-4-11(5-3-10)32(39)40/h2-6,14,17H,7-9H2,1H3,(H,28,33)(H,37,38)(H,27,29,36)/t14?,17-,22?/m1/s1. The Hall–Kier alpha value is -4.79. The lowest BCUT2D eigenvalue weighted by molar-refractivity contribution is -0.384. The molecule has 0 bridgehead atoms. The first kappa shape index (κ1) is 32.1. The van der Waals surface area contributed by atoms with Crippen LogP contribution in [-0.2, 0) is 28.8 Å². The van der Waals surface area contributed by atoms with Gasteiger partial charge in [0.2, 0.25) is 5.91 Å². The maximum atomic E-state index is 13.0. The van der Waals surface area contributed by atoms with E-state index in [1.165, 1.54) is 4.90 Å². The van der Waals surface area contributed by atoms with Gasteiger partial charge in [0.25, 0.3) is 11.6 Å². The van der Waals surface area contributed by atoms with Gasteiger partial charge in [-0.25, -0.2) is 9.78 Å². The number of hydrogen-bond donors (Lipinski definition) is 3. The number of carbonyl (C=O) groups excluding carboxylic acids is 4. The highest BCUT2D eigenvalue weighted by Gasteiger charge is 2.58. The van der Waals surface area contributed by atoms with E-state index in [9.17, 15) is 52.4 Å². The average molecular weight is 661 g/mol. The van der Waals surface area contributed by atoms with Crippen molar-refractivity contribution in [1.29, 1.82) is 0 Å². The van der Waals surface area contributed by atoms with Gasteiger partial charge in [-0.15, -0.1) is 23.1 Å². The molecule has 16 nitrogen and oxygen atoms in total. The largest absolute Gasteiger partial charge is 0.481 e. The number of amides is 3. The van der Waals surface area contributed by atoms with Gasteiger partial charge in [-0.3, -0.25) is 34.6 Å². The molecule has 1 aromatic heterocycles. The van der Waals surface area contributed by atoms with Crippen molar-refractivity contribution in [2.75, 3.05) is 31.3 Å². The SMILES string of the molecule is CON=C(C(=O)NC1C(=O)N2CC(COC(=O)c3ccc([N+](=O)[O-])cc3)(C(=O)O)CS[C@H]12)c1csc(NC(=O)C(F)(F)F)n1. The van der Waals surface area contributed by atoms with Crippen molar-refractivity contribution in [2.24, 2.45) is 10.6 Å². The number of anilines is 1. The molecule has 0 aliphatic carbocycles. The van der Waals surface area contributed by atoms with Gasteiger partial charge >= 0.3 is 24.0 Å². The first-order chi connectivity index (χ1) is 20.7. The summed E-state index contributed by atoms with van der Waals surface area (Å²) in [4.78, 5) is 81.4. The Balaban J connectivity index is 1.39. The van der Waals surface area contributed by atoms with Crippen LogP contribution in [-0.4, -0.2) is 98.9 Å². The molecule has 0 radical (unpaired) electrons. The summed E-state index contributed by atoms with van der Waals surface area (Å²) in [7, 11) is 1.08. The number of ether oxygens (including phenoxy) is 1. The van der Waals surface area contributed by atoms with Gasteiger partial charge in [-0.2, -0.15) is 13.2 Å². The number of oxime groups is 1. The molecule has 234 valence electrons. The van der Waals surface area contributed by atoms with E-state index in [1.54, 1.807) is 5.32 Å². The Bertz CT molecular complexity index is 1550. The molecule has 2 unspecified atom stereocenters. The van der Waals surface area contributed by atoms with Gasteiger partial charge in [-0.05, 0) is 12.1 Å². The van der Waals surface area contributed by atoms with E-state index < -0.39 is 75.0 Å². The second-order valence-electron chi connectivity index (χ2n) is 9.20. The number of nitro benzene ring substituents is 1. The van der Waals surface area contributed by atoms with Crippen LogP contribution in [0.4, 0.5) is 24.0 Å². The van der Waals surface area contributed by atoms with Crippen LogP contribution in [0.5, 0.6) is 0 Å². The fourth-order valence-corrected chi connectivity index (χ4v) is 6.24. The Morgan fingerprint density at radius 3 is 2.55 bits per heavy atom. The van der Waals surface area contributed by atoms with E-state index in [1.807, 2.05) is 0 Å². The number of esters is 1. The van der Waals surface area contributed by atoms with Gasteiger partial charge in [0.1, 0.15) is 36.2 Å². The van der Waals surface area contributed by atoms with E-state index in [2.05, 4.69) is 20.3 Å². The van der Waals surface area contributed by atoms with E-state index in [0.29, 0.717) is 11.3 Å². The molecule has 3 amide bonds. The summed E-state index contributed by atoms with van der Waals surface area (Å²) in [6.45, 7) is -0.994. The number of carboxylic acid groups (broad SMARTS) is 1. The maximum Gasteiger partial charge on any atom is 0.471 e. The number of carbonyl (C=O) groups is 5. The summed E-state index contributed by atoms with van der Waals surface area (Å²) < 4.78 is 42.8. The van der Waals surface area contributed by atoms with Crippen LogP contribution in [0.25, 0.3) is 0 Å². The van der Waals surface area contributed by atoms with Crippen LogP contribution in [0.1, 0.15) is 16.1 Å². The minimum absolute atomic E-state index is 0.0521. The van der Waals surface area contributed by atoms with Crippen LogP contribution < -0.4 is 10.6 Å². The van der Waals surface area contributed by atoms with Gasteiger partial charge in [0, 0.05) is 29.8 Å². The molecule has 3 N–H and O–H groups in total. The Kier molecular flexibility index (Phi) is 9.09. The number of carboxylic acids is 1. The van der Waals surface area contributed by atoms with Crippen molar-refractivity contribution in [3.8, 4) is 0 Å². The number of non-ortho nitro benzene ring substituents is 1. The predicted octanol–water partition coefficient (Wildman–Crippen LogP) is 1.23. The number of thioether (sulfide) groups is 1. The first-order valence-electron chi connectivity index (χ1n) is 12.0. The summed E-state index contributed by atoms with van der Waals surface area (Å²) in [6.07, 6.45) is -5.17. The van der Waals surface area contributed by atoms with Crippen molar-refractivity contribution in [3.05, 3.63) is 51.0 Å². The van der Waals surface area contributed by atoms with E-state index in [-0.39, 0.29) is 29.2 Å². The smallest absolute Gasteiger partial charge is 0.471 e. The molecular weight excluding hydrogens is 641 g/mol. The third-order valence-corrected chi connectivity index (χ3v) is 8.65.